The molecular weight excluding hydrogens is 267 g/mol. The summed E-state index contributed by atoms with van der Waals surface area (Å²) in [5, 5.41) is 3.19. The normalized spacial score (nSPS) is 12.2. The SMILES string of the molecule is CC(Nc1ccc(F)cc1)c1ccc(OC(F)F)cc1. The Kier molecular flexibility index (Phi) is 4.50. The van der Waals surface area contributed by atoms with E-state index < -0.39 is 6.61 Å². The van der Waals surface area contributed by atoms with E-state index >= 15 is 0 Å². The van der Waals surface area contributed by atoms with Crippen molar-refractivity contribution in [1.29, 1.82) is 0 Å². The molecule has 0 fully saturated rings. The van der Waals surface area contributed by atoms with E-state index in [-0.39, 0.29) is 17.6 Å². The molecule has 0 bridgehead atoms. The molecule has 0 aliphatic heterocycles. The van der Waals surface area contributed by atoms with Gasteiger partial charge in [0.05, 0.1) is 0 Å². The Balaban J connectivity index is 2.01. The van der Waals surface area contributed by atoms with E-state index in [0.29, 0.717) is 0 Å². The van der Waals surface area contributed by atoms with Gasteiger partial charge in [0.25, 0.3) is 0 Å². The lowest BCUT2D eigenvalue weighted by atomic mass is 10.1. The Morgan fingerprint density at radius 1 is 0.950 bits per heavy atom. The van der Waals surface area contributed by atoms with Crippen molar-refractivity contribution >= 4 is 5.69 Å². The fraction of sp³-hybridized carbons (Fsp3) is 0.200. The standard InChI is InChI=1S/C15H14F3NO/c1-10(19-13-6-4-12(16)5-7-13)11-2-8-14(9-3-11)20-15(17)18/h2-10,15,19H,1H3. The van der Waals surface area contributed by atoms with Crippen LogP contribution in [0.1, 0.15) is 18.5 Å². The number of nitrogens with one attached hydrogen (secondary N) is 1. The van der Waals surface area contributed by atoms with Crippen molar-refractivity contribution in [3.8, 4) is 5.75 Å². The number of hydrogen-bond donors (Lipinski definition) is 1. The maximum atomic E-state index is 12.8. The van der Waals surface area contributed by atoms with E-state index in [1.807, 2.05) is 6.92 Å². The molecule has 0 spiro atoms. The first-order valence-electron chi connectivity index (χ1n) is 6.11. The van der Waals surface area contributed by atoms with Crippen LogP contribution in [-0.2, 0) is 0 Å². The Morgan fingerprint density at radius 3 is 2.10 bits per heavy atom. The van der Waals surface area contributed by atoms with Gasteiger partial charge in [0.15, 0.2) is 0 Å². The Bertz CT molecular complexity index is 540. The molecule has 2 aromatic carbocycles. The molecule has 0 saturated carbocycles. The first-order chi connectivity index (χ1) is 9.54. The molecule has 106 valence electrons. The minimum absolute atomic E-state index is 0.0407. The number of rotatable bonds is 5. The number of ether oxygens (including phenoxy) is 1. The number of hydrogen-bond acceptors (Lipinski definition) is 2. The summed E-state index contributed by atoms with van der Waals surface area (Å²) in [5.41, 5.74) is 1.70. The molecular formula is C15H14F3NO. The lowest BCUT2D eigenvalue weighted by Gasteiger charge is -2.16. The summed E-state index contributed by atoms with van der Waals surface area (Å²) in [7, 11) is 0. The van der Waals surface area contributed by atoms with Gasteiger partial charge in [-0.15, -0.1) is 0 Å². The third kappa shape index (κ3) is 3.91. The van der Waals surface area contributed by atoms with Gasteiger partial charge in [-0.25, -0.2) is 4.39 Å². The zero-order valence-corrected chi connectivity index (χ0v) is 10.8. The monoisotopic (exact) mass is 281 g/mol. The van der Waals surface area contributed by atoms with Gasteiger partial charge in [0, 0.05) is 11.7 Å². The molecule has 0 heterocycles. The molecule has 1 unspecified atom stereocenters. The van der Waals surface area contributed by atoms with Gasteiger partial charge in [0.2, 0.25) is 0 Å². The van der Waals surface area contributed by atoms with Crippen LogP contribution in [0.25, 0.3) is 0 Å². The second-order valence-corrected chi connectivity index (χ2v) is 4.32. The summed E-state index contributed by atoms with van der Waals surface area (Å²) < 4.78 is 41.1. The number of alkyl halides is 2. The van der Waals surface area contributed by atoms with Gasteiger partial charge in [-0.05, 0) is 48.9 Å². The van der Waals surface area contributed by atoms with Crippen LogP contribution in [0.3, 0.4) is 0 Å². The van der Waals surface area contributed by atoms with Crippen molar-refractivity contribution in [3.63, 3.8) is 0 Å². The highest BCUT2D eigenvalue weighted by Crippen LogP contribution is 2.22. The van der Waals surface area contributed by atoms with Crippen molar-refractivity contribution in [2.75, 3.05) is 5.32 Å². The van der Waals surface area contributed by atoms with Crippen LogP contribution in [0.4, 0.5) is 18.9 Å². The summed E-state index contributed by atoms with van der Waals surface area (Å²) in [6, 6.07) is 12.4. The summed E-state index contributed by atoms with van der Waals surface area (Å²) >= 11 is 0. The van der Waals surface area contributed by atoms with Gasteiger partial charge < -0.3 is 10.1 Å². The van der Waals surface area contributed by atoms with Gasteiger partial charge >= 0.3 is 6.61 Å². The Labute approximate surface area is 115 Å². The first-order valence-corrected chi connectivity index (χ1v) is 6.11. The van der Waals surface area contributed by atoms with E-state index in [2.05, 4.69) is 10.1 Å². The van der Waals surface area contributed by atoms with Crippen LogP contribution in [0.15, 0.2) is 48.5 Å². The zero-order chi connectivity index (χ0) is 14.5. The molecule has 0 aromatic heterocycles. The summed E-state index contributed by atoms with van der Waals surface area (Å²) in [6.45, 7) is -0.901. The number of halogens is 3. The lowest BCUT2D eigenvalue weighted by molar-refractivity contribution is -0.0498. The summed E-state index contributed by atoms with van der Waals surface area (Å²) in [5.74, 6) is -0.172. The smallest absolute Gasteiger partial charge is 0.387 e. The summed E-state index contributed by atoms with van der Waals surface area (Å²) in [6.07, 6.45) is 0. The predicted molar refractivity (Wildman–Crippen MR) is 71.5 cm³/mol. The second-order valence-electron chi connectivity index (χ2n) is 4.32. The van der Waals surface area contributed by atoms with Crippen LogP contribution < -0.4 is 10.1 Å². The molecule has 2 aromatic rings. The highest BCUT2D eigenvalue weighted by atomic mass is 19.3. The fourth-order valence-electron chi connectivity index (χ4n) is 1.82. The van der Waals surface area contributed by atoms with Crippen molar-refractivity contribution in [2.24, 2.45) is 0 Å². The van der Waals surface area contributed by atoms with Crippen LogP contribution in [0.5, 0.6) is 5.75 Å². The minimum atomic E-state index is -2.82. The van der Waals surface area contributed by atoms with E-state index in [0.717, 1.165) is 11.3 Å². The van der Waals surface area contributed by atoms with Crippen LogP contribution in [0.2, 0.25) is 0 Å². The van der Waals surface area contributed by atoms with Crippen molar-refractivity contribution in [3.05, 3.63) is 59.9 Å². The van der Waals surface area contributed by atoms with Crippen molar-refractivity contribution in [2.45, 2.75) is 19.6 Å². The van der Waals surface area contributed by atoms with Gasteiger partial charge in [-0.3, -0.25) is 0 Å². The van der Waals surface area contributed by atoms with E-state index in [1.54, 1.807) is 24.3 Å². The molecule has 0 radical (unpaired) electrons. The molecule has 0 saturated heterocycles. The zero-order valence-electron chi connectivity index (χ0n) is 10.8. The molecule has 1 atom stereocenters. The molecule has 0 amide bonds. The average Bonchev–Trinajstić information content (AvgIpc) is 2.41. The molecule has 5 heteroatoms. The van der Waals surface area contributed by atoms with E-state index in [9.17, 15) is 13.2 Å². The van der Waals surface area contributed by atoms with Gasteiger partial charge in [-0.2, -0.15) is 8.78 Å². The van der Waals surface area contributed by atoms with Crippen LogP contribution in [0, 0.1) is 5.82 Å². The quantitative estimate of drug-likeness (QED) is 0.864. The van der Waals surface area contributed by atoms with Crippen molar-refractivity contribution < 1.29 is 17.9 Å². The Hall–Kier alpha value is -2.17. The maximum Gasteiger partial charge on any atom is 0.387 e. The molecule has 0 aliphatic carbocycles. The highest BCUT2D eigenvalue weighted by molar-refractivity contribution is 5.45. The maximum absolute atomic E-state index is 12.8. The van der Waals surface area contributed by atoms with Gasteiger partial charge in [0.1, 0.15) is 11.6 Å². The Morgan fingerprint density at radius 2 is 1.55 bits per heavy atom. The van der Waals surface area contributed by atoms with Crippen molar-refractivity contribution in [1.82, 2.24) is 0 Å². The number of anilines is 1. The third-order valence-corrected chi connectivity index (χ3v) is 2.83. The van der Waals surface area contributed by atoms with E-state index in [1.165, 1.54) is 24.3 Å². The molecule has 20 heavy (non-hydrogen) atoms. The molecule has 1 N–H and O–H groups in total. The topological polar surface area (TPSA) is 21.3 Å². The van der Waals surface area contributed by atoms with Crippen LogP contribution >= 0.6 is 0 Å². The van der Waals surface area contributed by atoms with Gasteiger partial charge in [-0.1, -0.05) is 12.1 Å². The fourth-order valence-corrected chi connectivity index (χ4v) is 1.82. The largest absolute Gasteiger partial charge is 0.435 e. The predicted octanol–water partition coefficient (Wildman–Crippen LogP) is 4.60. The third-order valence-electron chi connectivity index (χ3n) is 2.83. The average molecular weight is 281 g/mol. The van der Waals surface area contributed by atoms with E-state index in [4.69, 9.17) is 0 Å². The minimum Gasteiger partial charge on any atom is -0.435 e. The molecule has 2 rings (SSSR count). The first kappa shape index (κ1) is 14.2. The molecule has 0 aliphatic rings. The summed E-state index contributed by atoms with van der Waals surface area (Å²) in [4.78, 5) is 0. The van der Waals surface area contributed by atoms with Crippen LogP contribution in [-0.4, -0.2) is 6.61 Å². The molecule has 2 nitrogen and oxygen atoms in total. The highest BCUT2D eigenvalue weighted by Gasteiger charge is 2.07. The lowest BCUT2D eigenvalue weighted by Crippen LogP contribution is -2.07. The number of benzene rings is 2. The second kappa shape index (κ2) is 6.32.